The molecule has 0 spiro atoms. The zero-order valence-electron chi connectivity index (χ0n) is 24.8. The molecule has 0 aliphatic heterocycles. The quantitative estimate of drug-likeness (QED) is 0.0650. The van der Waals surface area contributed by atoms with Crippen molar-refractivity contribution in [1.29, 1.82) is 0 Å². The van der Waals surface area contributed by atoms with E-state index in [1.54, 1.807) is 0 Å². The Kier molecular flexibility index (Phi) is 9.45. The number of aliphatic hydroxyl groups is 1. The fourth-order valence-electron chi connectivity index (χ4n) is 6.17. The van der Waals surface area contributed by atoms with Crippen LogP contribution in [0.2, 0.25) is 0 Å². The van der Waals surface area contributed by atoms with E-state index in [-0.39, 0.29) is 17.4 Å². The molecule has 1 aromatic heterocycles. The van der Waals surface area contributed by atoms with Crippen molar-refractivity contribution >= 4 is 35.4 Å². The number of nitrogens with one attached hydrogen (secondary N) is 2. The van der Waals surface area contributed by atoms with Crippen molar-refractivity contribution < 1.29 is 32.2 Å². The van der Waals surface area contributed by atoms with Gasteiger partial charge in [-0.2, -0.15) is 13.2 Å². The summed E-state index contributed by atoms with van der Waals surface area (Å²) in [4.78, 5) is 18.1. The summed E-state index contributed by atoms with van der Waals surface area (Å²) in [5.74, 6) is -2.36. The lowest BCUT2D eigenvalue weighted by molar-refractivity contribution is -0.137. The van der Waals surface area contributed by atoms with Gasteiger partial charge >= 0.3 is 6.18 Å². The van der Waals surface area contributed by atoms with Crippen LogP contribution in [-0.4, -0.2) is 33.7 Å². The summed E-state index contributed by atoms with van der Waals surface area (Å²) in [7, 11) is 1.96. The van der Waals surface area contributed by atoms with Crippen LogP contribution in [0.4, 0.5) is 23.2 Å². The maximum atomic E-state index is 14.6. The number of halogens is 4. The summed E-state index contributed by atoms with van der Waals surface area (Å²) in [5.41, 5.74) is 2.90. The Morgan fingerprint density at radius 3 is 2.62 bits per heavy atom. The van der Waals surface area contributed by atoms with Gasteiger partial charge in [-0.05, 0) is 73.2 Å². The Morgan fingerprint density at radius 1 is 1.16 bits per heavy atom. The SMILES string of the molecule is C=C(O)[C@H]1C(C(=O)Nc2ccc(C(F)(F)F)cc2F)CCCC1c1ccc(-c2ccc3c(c2)nc(C)n3C)c(OCCNS)c1. The summed E-state index contributed by atoms with van der Waals surface area (Å²) < 4.78 is 64.5. The lowest BCUT2D eigenvalue weighted by atomic mass is 9.68. The molecular formula is C33H34F4N4O3S. The van der Waals surface area contributed by atoms with Gasteiger partial charge < -0.3 is 19.7 Å². The Bertz CT molecular complexity index is 1740. The molecule has 0 radical (unpaired) electrons. The highest BCUT2D eigenvalue weighted by molar-refractivity contribution is 7.78. The van der Waals surface area contributed by atoms with Crippen molar-refractivity contribution in [3.63, 3.8) is 0 Å². The van der Waals surface area contributed by atoms with Crippen molar-refractivity contribution in [1.82, 2.24) is 14.3 Å². The van der Waals surface area contributed by atoms with E-state index in [1.807, 2.05) is 54.9 Å². The van der Waals surface area contributed by atoms with Gasteiger partial charge in [0.1, 0.15) is 24.0 Å². The van der Waals surface area contributed by atoms with Crippen molar-refractivity contribution in [2.24, 2.45) is 18.9 Å². The molecule has 0 saturated heterocycles. The predicted octanol–water partition coefficient (Wildman–Crippen LogP) is 7.73. The normalized spacial score (nSPS) is 18.6. The first-order valence-electron chi connectivity index (χ1n) is 14.5. The fraction of sp³-hybridized carbons (Fsp3) is 0.333. The van der Waals surface area contributed by atoms with Crippen LogP contribution in [-0.2, 0) is 18.0 Å². The maximum absolute atomic E-state index is 14.6. The molecule has 3 N–H and O–H groups in total. The summed E-state index contributed by atoms with van der Waals surface area (Å²) >= 11 is 4.05. The number of alkyl halides is 3. The first-order chi connectivity index (χ1) is 21.4. The standard InChI is InChI=1S/C33H34F4N4O3S/c1-18(42)31-24(5-4-6-25(31)32(43)40-27-11-9-22(17-26(27)34)33(35,36)37)21-7-10-23(30(16-21)44-14-13-38-45)20-8-12-29-28(15-20)39-19(2)41(29)3/h7-12,15-17,24-25,31,38,42,45H,1,4-6,13-14H2,2-3H3,(H,40,43)/t24?,25?,31-/m1/s1. The molecule has 12 heteroatoms. The lowest BCUT2D eigenvalue weighted by Crippen LogP contribution is -2.37. The van der Waals surface area contributed by atoms with E-state index < -0.39 is 35.3 Å². The number of hydrogen-bond donors (Lipinski definition) is 4. The molecule has 4 aromatic rings. The number of ether oxygens (including phenoxy) is 1. The molecular weight excluding hydrogens is 608 g/mol. The van der Waals surface area contributed by atoms with Gasteiger partial charge in [0.15, 0.2) is 0 Å². The Morgan fingerprint density at radius 2 is 1.93 bits per heavy atom. The molecule has 3 aromatic carbocycles. The Balaban J connectivity index is 1.45. The molecule has 1 fully saturated rings. The summed E-state index contributed by atoms with van der Waals surface area (Å²) in [6, 6.07) is 13.7. The van der Waals surface area contributed by atoms with Crippen LogP contribution < -0.4 is 14.8 Å². The zero-order chi connectivity index (χ0) is 32.5. The average molecular weight is 643 g/mol. The second kappa shape index (κ2) is 13.1. The van der Waals surface area contributed by atoms with Gasteiger partial charge in [-0.3, -0.25) is 9.52 Å². The second-order valence-corrected chi connectivity index (χ2v) is 11.6. The molecule has 1 aliphatic rings. The molecule has 0 bridgehead atoms. The van der Waals surface area contributed by atoms with Crippen LogP contribution in [0.3, 0.4) is 0 Å². The smallest absolute Gasteiger partial charge is 0.416 e. The van der Waals surface area contributed by atoms with Crippen molar-refractivity contribution in [3.05, 3.63) is 89.7 Å². The van der Waals surface area contributed by atoms with E-state index in [9.17, 15) is 27.5 Å². The van der Waals surface area contributed by atoms with Crippen molar-refractivity contribution in [3.8, 4) is 16.9 Å². The van der Waals surface area contributed by atoms with Gasteiger partial charge in [0, 0.05) is 31.0 Å². The number of amides is 1. The predicted molar refractivity (Wildman–Crippen MR) is 169 cm³/mol. The topological polar surface area (TPSA) is 88.4 Å². The number of thiol groups is 1. The lowest BCUT2D eigenvalue weighted by Gasteiger charge is -2.37. The number of rotatable bonds is 9. The highest BCUT2D eigenvalue weighted by atomic mass is 32.1. The van der Waals surface area contributed by atoms with Gasteiger partial charge in [0.2, 0.25) is 5.91 Å². The number of carbonyl (C=O) groups is 1. The number of carbonyl (C=O) groups excluding carboxylic acids is 1. The number of hydrogen-bond acceptors (Lipinski definition) is 6. The van der Waals surface area contributed by atoms with E-state index in [1.165, 1.54) is 0 Å². The Hall–Kier alpha value is -4.03. The van der Waals surface area contributed by atoms with Gasteiger partial charge in [-0.15, -0.1) is 0 Å². The van der Waals surface area contributed by atoms with Crippen LogP contribution in [0.25, 0.3) is 22.2 Å². The van der Waals surface area contributed by atoms with Crippen LogP contribution in [0.5, 0.6) is 5.75 Å². The summed E-state index contributed by atoms with van der Waals surface area (Å²) in [6.45, 7) is 6.51. The highest BCUT2D eigenvalue weighted by Gasteiger charge is 2.41. The van der Waals surface area contributed by atoms with E-state index in [2.05, 4.69) is 34.4 Å². The Labute approximate surface area is 263 Å². The van der Waals surface area contributed by atoms with E-state index in [0.29, 0.717) is 50.3 Å². The minimum absolute atomic E-state index is 0.200. The van der Waals surface area contributed by atoms with Crippen molar-refractivity contribution in [2.75, 3.05) is 18.5 Å². The number of aliphatic hydroxyl groups excluding tert-OH is 1. The third kappa shape index (κ3) is 6.81. The van der Waals surface area contributed by atoms with Gasteiger partial charge in [0.25, 0.3) is 0 Å². The maximum Gasteiger partial charge on any atom is 0.416 e. The molecule has 1 amide bonds. The van der Waals surface area contributed by atoms with Gasteiger partial charge in [-0.25, -0.2) is 9.37 Å². The molecule has 1 heterocycles. The monoisotopic (exact) mass is 642 g/mol. The molecule has 3 atom stereocenters. The minimum Gasteiger partial charge on any atom is -0.513 e. The number of nitrogens with zero attached hydrogens (tertiary/aromatic N) is 2. The first kappa shape index (κ1) is 32.4. The zero-order valence-corrected chi connectivity index (χ0v) is 25.7. The van der Waals surface area contributed by atoms with Crippen LogP contribution in [0, 0.1) is 24.6 Å². The molecule has 1 aliphatic carbocycles. The summed E-state index contributed by atoms with van der Waals surface area (Å²) in [5, 5.41) is 13.2. The molecule has 7 nitrogen and oxygen atoms in total. The van der Waals surface area contributed by atoms with E-state index in [4.69, 9.17) is 4.74 Å². The number of aromatic nitrogens is 2. The molecule has 1 saturated carbocycles. The first-order valence-corrected chi connectivity index (χ1v) is 15.0. The van der Waals surface area contributed by atoms with Crippen LogP contribution in [0.1, 0.15) is 42.1 Å². The molecule has 45 heavy (non-hydrogen) atoms. The molecule has 2 unspecified atom stereocenters. The largest absolute Gasteiger partial charge is 0.513 e. The van der Waals surface area contributed by atoms with E-state index >= 15 is 0 Å². The van der Waals surface area contributed by atoms with Crippen LogP contribution >= 0.6 is 12.8 Å². The van der Waals surface area contributed by atoms with Crippen molar-refractivity contribution in [2.45, 2.75) is 38.3 Å². The summed E-state index contributed by atoms with van der Waals surface area (Å²) in [6.07, 6.45) is -3.07. The van der Waals surface area contributed by atoms with Crippen LogP contribution in [0.15, 0.2) is 66.9 Å². The number of anilines is 1. The highest BCUT2D eigenvalue weighted by Crippen LogP contribution is 2.46. The van der Waals surface area contributed by atoms with E-state index in [0.717, 1.165) is 39.6 Å². The molecule has 5 rings (SSSR count). The number of aryl methyl sites for hydroxylation is 2. The molecule has 238 valence electrons. The number of imidazole rings is 1. The average Bonchev–Trinajstić information content (AvgIpc) is 3.29. The third-order valence-corrected chi connectivity index (χ3v) is 8.72. The number of allylic oxidation sites excluding steroid dienone is 1. The number of benzene rings is 3. The fourth-order valence-corrected chi connectivity index (χ4v) is 6.26. The third-order valence-electron chi connectivity index (χ3n) is 8.49. The van der Waals surface area contributed by atoms with Gasteiger partial charge in [0.05, 0.1) is 28.0 Å². The van der Waals surface area contributed by atoms with Gasteiger partial charge in [-0.1, -0.05) is 44.0 Å². The second-order valence-electron chi connectivity index (χ2n) is 11.3. The minimum atomic E-state index is -4.72. The number of fused-ring (bicyclic) bond motifs is 1.